The third-order valence-electron chi connectivity index (χ3n) is 2.79. The number of H-pyrrole nitrogens is 1. The monoisotopic (exact) mass is 315 g/mol. The highest BCUT2D eigenvalue weighted by Gasteiger charge is 2.19. The molecule has 0 aliphatic rings. The molecule has 0 spiro atoms. The Kier molecular flexibility index (Phi) is 5.87. The van der Waals surface area contributed by atoms with Gasteiger partial charge in [0.2, 0.25) is 10.0 Å². The minimum Gasteiger partial charge on any atom is -0.439 e. The Labute approximate surface area is 131 Å². The zero-order valence-corrected chi connectivity index (χ0v) is 12.1. The number of aromatic nitrogens is 2. The number of nitrogens with zero attached hydrogens (tertiary/aromatic N) is 4. The molecule has 1 aromatic carbocycles. The van der Waals surface area contributed by atoms with E-state index in [1.807, 2.05) is 18.2 Å². The average molecular weight is 315 g/mol. The largest absolute Gasteiger partial charge is 0.512 e. The van der Waals surface area contributed by atoms with E-state index in [1.54, 1.807) is 18.3 Å². The third-order valence-corrected chi connectivity index (χ3v) is 2.79. The van der Waals surface area contributed by atoms with E-state index in [9.17, 15) is 9.59 Å². The summed E-state index contributed by atoms with van der Waals surface area (Å²) in [5.41, 5.74) is 7.16. The van der Waals surface area contributed by atoms with Crippen molar-refractivity contribution in [2.75, 3.05) is 0 Å². The number of imidazole rings is 1. The van der Waals surface area contributed by atoms with Crippen LogP contribution in [-0.4, -0.2) is 28.0 Å². The lowest BCUT2D eigenvalue weighted by Gasteiger charge is -2.00. The fraction of sp³-hybridized carbons (Fsp3) is 0.214. The molecule has 0 saturated heterocycles. The molecular weight excluding hydrogens is 300 g/mol. The summed E-state index contributed by atoms with van der Waals surface area (Å²) >= 11 is 0. The summed E-state index contributed by atoms with van der Waals surface area (Å²) in [5, 5.41) is 6.42. The first kappa shape index (κ1) is 16.2. The van der Waals surface area contributed by atoms with Gasteiger partial charge in [-0.15, -0.1) is 0 Å². The van der Waals surface area contributed by atoms with E-state index in [4.69, 9.17) is 10.5 Å². The Balaban J connectivity index is 1.79. The number of amides is 2. The number of carbonyl (C=O) groups is 2. The van der Waals surface area contributed by atoms with Crippen LogP contribution in [0.5, 0.6) is 0 Å². The highest BCUT2D eigenvalue weighted by atomic mass is 16.5. The highest BCUT2D eigenvalue weighted by Crippen LogP contribution is 2.01. The van der Waals surface area contributed by atoms with E-state index in [0.717, 1.165) is 5.56 Å². The maximum atomic E-state index is 11.6. The van der Waals surface area contributed by atoms with Crippen molar-refractivity contribution in [1.82, 2.24) is 14.9 Å². The standard InChI is InChI=1S/C14H14N6O3/c15-12(6-11-7-16-9-17-11)13(21)18-20-19-14(22)23-8-10-4-2-1-3-5-10/h1-5,7,9,12H,6,8,15H2/p+1/t12-/m0/s1. The van der Waals surface area contributed by atoms with Crippen molar-refractivity contribution in [3.05, 3.63) is 54.1 Å². The summed E-state index contributed by atoms with van der Waals surface area (Å²) in [6.07, 6.45) is 2.32. The summed E-state index contributed by atoms with van der Waals surface area (Å²) < 4.78 is 4.84. The lowest BCUT2D eigenvalue weighted by molar-refractivity contribution is -0.119. The minimum absolute atomic E-state index is 0.0615. The molecule has 0 unspecified atom stereocenters. The highest BCUT2D eigenvalue weighted by molar-refractivity contribution is 5.81. The molecule has 1 atom stereocenters. The lowest BCUT2D eigenvalue weighted by Crippen LogP contribution is -2.31. The zero-order chi connectivity index (χ0) is 16.5. The fourth-order valence-corrected chi connectivity index (χ4v) is 1.65. The molecule has 1 aromatic heterocycles. The first-order chi connectivity index (χ1) is 11.1. The molecule has 2 rings (SSSR count). The molecule has 0 bridgehead atoms. The number of nitrogens with two attached hydrogens (primary N) is 1. The van der Waals surface area contributed by atoms with Crippen molar-refractivity contribution in [2.24, 2.45) is 16.0 Å². The Hall–Kier alpha value is -3.16. The van der Waals surface area contributed by atoms with Gasteiger partial charge in [-0.2, -0.15) is 0 Å². The number of hydrogen-bond donors (Lipinski definition) is 2. The van der Waals surface area contributed by atoms with Gasteiger partial charge in [0, 0.05) is 18.3 Å². The van der Waals surface area contributed by atoms with Gasteiger partial charge in [0.1, 0.15) is 6.61 Å². The van der Waals surface area contributed by atoms with Crippen LogP contribution in [-0.2, 0) is 22.6 Å². The van der Waals surface area contributed by atoms with Crippen LogP contribution < -0.4 is 10.6 Å². The summed E-state index contributed by atoms with van der Waals surface area (Å²) in [7, 11) is 0. The third kappa shape index (κ3) is 5.62. The van der Waals surface area contributed by atoms with Crippen LogP contribution in [0.3, 0.4) is 0 Å². The quantitative estimate of drug-likeness (QED) is 0.629. The van der Waals surface area contributed by atoms with Crippen molar-refractivity contribution in [3.63, 3.8) is 0 Å². The number of carbonyl (C=O) groups excluding carboxylic acids is 2. The van der Waals surface area contributed by atoms with Crippen molar-refractivity contribution in [3.8, 4) is 0 Å². The molecule has 9 heteroatoms. The topological polar surface area (TPSA) is 137 Å². The first-order valence-electron chi connectivity index (χ1n) is 6.74. The second kappa shape index (κ2) is 8.32. The molecule has 0 aliphatic carbocycles. The van der Waals surface area contributed by atoms with Gasteiger partial charge >= 0.3 is 12.0 Å². The van der Waals surface area contributed by atoms with Crippen LogP contribution in [0.1, 0.15) is 11.3 Å². The van der Waals surface area contributed by atoms with Gasteiger partial charge in [-0.1, -0.05) is 30.3 Å². The smallest absolute Gasteiger partial charge is 0.439 e. The van der Waals surface area contributed by atoms with Gasteiger partial charge in [-0.05, 0) is 5.56 Å². The second-order valence-corrected chi connectivity index (χ2v) is 4.56. The maximum absolute atomic E-state index is 11.6. The van der Waals surface area contributed by atoms with Gasteiger partial charge < -0.3 is 15.5 Å². The molecular formula is C14H15N6O3+. The van der Waals surface area contributed by atoms with E-state index >= 15 is 0 Å². The van der Waals surface area contributed by atoms with Gasteiger partial charge in [0.25, 0.3) is 0 Å². The summed E-state index contributed by atoms with van der Waals surface area (Å²) in [5.74, 6) is -0.695. The normalized spacial score (nSPS) is 11.2. The lowest BCUT2D eigenvalue weighted by atomic mass is 10.2. The maximum Gasteiger partial charge on any atom is 0.512 e. The predicted molar refractivity (Wildman–Crippen MR) is 78.9 cm³/mol. The molecule has 118 valence electrons. The van der Waals surface area contributed by atoms with Gasteiger partial charge in [0.15, 0.2) is 5.11 Å². The number of ether oxygens (including phenoxy) is 1. The van der Waals surface area contributed by atoms with E-state index in [0.29, 0.717) is 5.69 Å². The van der Waals surface area contributed by atoms with Crippen molar-refractivity contribution in [2.45, 2.75) is 19.1 Å². The summed E-state index contributed by atoms with van der Waals surface area (Å²) in [6, 6.07) is 8.19. The SMILES string of the molecule is N[C@@H](Cc1cnc[nH]1)C(=O)N=[N+]=NC(=O)OCc1ccccc1. The first-order valence-corrected chi connectivity index (χ1v) is 6.74. The van der Waals surface area contributed by atoms with Gasteiger partial charge in [-0.3, -0.25) is 4.79 Å². The van der Waals surface area contributed by atoms with Gasteiger partial charge in [-0.25, -0.2) is 9.78 Å². The van der Waals surface area contributed by atoms with Crippen LogP contribution in [0, 0.1) is 0 Å². The van der Waals surface area contributed by atoms with E-state index in [1.165, 1.54) is 6.33 Å². The van der Waals surface area contributed by atoms with Crippen LogP contribution in [0.2, 0.25) is 0 Å². The molecule has 1 heterocycles. The zero-order valence-electron chi connectivity index (χ0n) is 12.1. The van der Waals surface area contributed by atoms with Crippen molar-refractivity contribution < 1.29 is 14.3 Å². The Morgan fingerprint density at radius 2 is 2.09 bits per heavy atom. The summed E-state index contributed by atoms with van der Waals surface area (Å²) in [6.45, 7) is 0.0615. The summed E-state index contributed by atoms with van der Waals surface area (Å²) in [4.78, 5) is 32.7. The Bertz CT molecular complexity index is 707. The average Bonchev–Trinajstić information content (AvgIpc) is 3.06. The molecule has 2 aromatic rings. The van der Waals surface area contributed by atoms with Crippen LogP contribution in [0.4, 0.5) is 4.79 Å². The predicted octanol–water partition coefficient (Wildman–Crippen LogP) is 1.11. The number of aromatic amines is 1. The minimum atomic E-state index is -0.937. The Morgan fingerprint density at radius 3 is 2.78 bits per heavy atom. The van der Waals surface area contributed by atoms with Crippen LogP contribution >= 0.6 is 0 Å². The molecule has 9 nitrogen and oxygen atoms in total. The molecule has 3 N–H and O–H groups in total. The molecule has 23 heavy (non-hydrogen) atoms. The van der Waals surface area contributed by atoms with Crippen LogP contribution in [0.25, 0.3) is 0 Å². The molecule has 2 amide bonds. The number of hydrogen-bond acceptors (Lipinski definition) is 5. The number of rotatable bonds is 5. The second-order valence-electron chi connectivity index (χ2n) is 4.56. The van der Waals surface area contributed by atoms with E-state index < -0.39 is 18.0 Å². The Morgan fingerprint density at radius 1 is 1.30 bits per heavy atom. The number of nitrogens with one attached hydrogen (secondary N) is 1. The van der Waals surface area contributed by atoms with Crippen LogP contribution in [0.15, 0.2) is 53.1 Å². The molecule has 0 saturated carbocycles. The van der Waals surface area contributed by atoms with Gasteiger partial charge in [0.05, 0.1) is 12.4 Å². The fourth-order valence-electron chi connectivity index (χ4n) is 1.65. The van der Waals surface area contributed by atoms with Crippen molar-refractivity contribution >= 4 is 12.0 Å². The van der Waals surface area contributed by atoms with Crippen molar-refractivity contribution in [1.29, 1.82) is 0 Å². The molecule has 0 fully saturated rings. The van der Waals surface area contributed by atoms with E-state index in [-0.39, 0.29) is 13.0 Å². The van der Waals surface area contributed by atoms with E-state index in [2.05, 4.69) is 25.1 Å². The molecule has 0 radical (unpaired) electrons. The number of benzene rings is 1. The molecule has 0 aliphatic heterocycles.